The van der Waals surface area contributed by atoms with Crippen LogP contribution in [0.5, 0.6) is 0 Å². The Balaban J connectivity index is 1.76. The highest BCUT2D eigenvalue weighted by atomic mass is 32.2. The number of carbonyl (C=O) groups is 3. The number of hydrogen-bond acceptors (Lipinski definition) is 6. The first kappa shape index (κ1) is 17.2. The molecular weight excluding hydrogens is 306 g/mol. The SMILES string of the molecule is C[C@H]1CN([C@@H](C)C(=O)NCCN2C(=O)CSC2=O)C[C@H](C)O1. The van der Waals surface area contributed by atoms with E-state index in [2.05, 4.69) is 10.2 Å². The summed E-state index contributed by atoms with van der Waals surface area (Å²) in [6.07, 6.45) is 0.215. The molecule has 2 saturated heterocycles. The number of hydrogen-bond donors (Lipinski definition) is 1. The van der Waals surface area contributed by atoms with Crippen LogP contribution in [0.25, 0.3) is 0 Å². The fraction of sp³-hybridized carbons (Fsp3) is 0.786. The second kappa shape index (κ2) is 7.43. The highest BCUT2D eigenvalue weighted by Crippen LogP contribution is 2.18. The zero-order chi connectivity index (χ0) is 16.3. The highest BCUT2D eigenvalue weighted by Gasteiger charge is 2.31. The Kier molecular flexibility index (Phi) is 5.82. The van der Waals surface area contributed by atoms with Gasteiger partial charge in [0.05, 0.1) is 24.0 Å². The van der Waals surface area contributed by atoms with E-state index in [0.717, 1.165) is 24.9 Å². The van der Waals surface area contributed by atoms with Gasteiger partial charge in [-0.3, -0.25) is 24.2 Å². The van der Waals surface area contributed by atoms with E-state index in [-0.39, 0.29) is 54.1 Å². The third-order valence-electron chi connectivity index (χ3n) is 3.85. The van der Waals surface area contributed by atoms with Crippen molar-refractivity contribution in [3.63, 3.8) is 0 Å². The van der Waals surface area contributed by atoms with Gasteiger partial charge < -0.3 is 10.1 Å². The van der Waals surface area contributed by atoms with Gasteiger partial charge in [-0.05, 0) is 20.8 Å². The van der Waals surface area contributed by atoms with E-state index >= 15 is 0 Å². The molecule has 3 atom stereocenters. The maximum absolute atomic E-state index is 12.2. The number of amides is 3. The summed E-state index contributed by atoms with van der Waals surface area (Å²) in [7, 11) is 0. The molecular formula is C14H23N3O4S. The molecule has 2 rings (SSSR count). The molecule has 0 aromatic rings. The molecule has 2 heterocycles. The molecule has 0 saturated carbocycles. The van der Waals surface area contributed by atoms with Crippen molar-refractivity contribution in [1.82, 2.24) is 15.1 Å². The van der Waals surface area contributed by atoms with E-state index in [0.29, 0.717) is 0 Å². The molecule has 0 radical (unpaired) electrons. The van der Waals surface area contributed by atoms with E-state index in [1.54, 1.807) is 0 Å². The molecule has 1 N–H and O–H groups in total. The van der Waals surface area contributed by atoms with Crippen LogP contribution in [0.3, 0.4) is 0 Å². The van der Waals surface area contributed by atoms with E-state index in [1.165, 1.54) is 4.90 Å². The van der Waals surface area contributed by atoms with Crippen LogP contribution in [0.15, 0.2) is 0 Å². The summed E-state index contributed by atoms with van der Waals surface area (Å²) in [6.45, 7) is 7.82. The van der Waals surface area contributed by atoms with Gasteiger partial charge in [0.2, 0.25) is 11.8 Å². The molecule has 0 aromatic heterocycles. The first-order valence-corrected chi connectivity index (χ1v) is 8.51. The number of rotatable bonds is 5. The molecule has 0 aliphatic carbocycles. The third kappa shape index (κ3) is 4.21. The van der Waals surface area contributed by atoms with Crippen molar-refractivity contribution in [1.29, 1.82) is 0 Å². The molecule has 0 bridgehead atoms. The van der Waals surface area contributed by atoms with Crippen LogP contribution >= 0.6 is 11.8 Å². The summed E-state index contributed by atoms with van der Waals surface area (Å²) < 4.78 is 5.66. The maximum Gasteiger partial charge on any atom is 0.288 e. The quantitative estimate of drug-likeness (QED) is 0.781. The molecule has 22 heavy (non-hydrogen) atoms. The molecule has 124 valence electrons. The third-order valence-corrected chi connectivity index (χ3v) is 4.71. The molecule has 2 aliphatic heterocycles. The highest BCUT2D eigenvalue weighted by molar-refractivity contribution is 8.14. The van der Waals surface area contributed by atoms with Gasteiger partial charge in [0.25, 0.3) is 5.24 Å². The van der Waals surface area contributed by atoms with Crippen molar-refractivity contribution in [2.24, 2.45) is 0 Å². The van der Waals surface area contributed by atoms with Gasteiger partial charge in [0.15, 0.2) is 0 Å². The minimum atomic E-state index is -0.256. The van der Waals surface area contributed by atoms with Crippen molar-refractivity contribution in [2.45, 2.75) is 39.0 Å². The van der Waals surface area contributed by atoms with Crippen LogP contribution in [-0.4, -0.2) is 77.0 Å². The fourth-order valence-electron chi connectivity index (χ4n) is 2.74. The van der Waals surface area contributed by atoms with Gasteiger partial charge in [0, 0.05) is 26.2 Å². The topological polar surface area (TPSA) is 79.0 Å². The van der Waals surface area contributed by atoms with Crippen LogP contribution < -0.4 is 5.32 Å². The van der Waals surface area contributed by atoms with Crippen molar-refractivity contribution in [2.75, 3.05) is 31.9 Å². The van der Waals surface area contributed by atoms with Crippen molar-refractivity contribution < 1.29 is 19.1 Å². The molecule has 2 aliphatic rings. The van der Waals surface area contributed by atoms with Gasteiger partial charge in [0.1, 0.15) is 0 Å². The minimum absolute atomic E-state index is 0.0898. The Labute approximate surface area is 134 Å². The first-order chi connectivity index (χ1) is 10.4. The van der Waals surface area contributed by atoms with Crippen LogP contribution in [0.2, 0.25) is 0 Å². The summed E-state index contributed by atoms with van der Waals surface area (Å²) in [4.78, 5) is 38.4. The van der Waals surface area contributed by atoms with Crippen molar-refractivity contribution in [3.05, 3.63) is 0 Å². The van der Waals surface area contributed by atoms with Gasteiger partial charge in [-0.25, -0.2) is 0 Å². The van der Waals surface area contributed by atoms with Gasteiger partial charge >= 0.3 is 0 Å². The lowest BCUT2D eigenvalue weighted by Gasteiger charge is -2.38. The number of thioether (sulfide) groups is 1. The first-order valence-electron chi connectivity index (χ1n) is 7.53. The predicted octanol–water partition coefficient (Wildman–Crippen LogP) is 0.296. The average molecular weight is 329 g/mol. The minimum Gasteiger partial charge on any atom is -0.373 e. The van der Waals surface area contributed by atoms with Crippen LogP contribution in [0.1, 0.15) is 20.8 Å². The van der Waals surface area contributed by atoms with Gasteiger partial charge in [-0.1, -0.05) is 11.8 Å². The van der Waals surface area contributed by atoms with E-state index in [1.807, 2.05) is 20.8 Å². The monoisotopic (exact) mass is 329 g/mol. The molecule has 0 spiro atoms. The predicted molar refractivity (Wildman–Crippen MR) is 83.6 cm³/mol. The number of morpholine rings is 1. The molecule has 8 heteroatoms. The van der Waals surface area contributed by atoms with Crippen LogP contribution in [-0.2, 0) is 14.3 Å². The summed E-state index contributed by atoms with van der Waals surface area (Å²) >= 11 is 1.00. The van der Waals surface area contributed by atoms with Crippen molar-refractivity contribution in [3.8, 4) is 0 Å². The average Bonchev–Trinajstić information content (AvgIpc) is 2.77. The van der Waals surface area contributed by atoms with E-state index in [9.17, 15) is 14.4 Å². The smallest absolute Gasteiger partial charge is 0.288 e. The Morgan fingerprint density at radius 2 is 2.00 bits per heavy atom. The normalized spacial score (nSPS) is 28.0. The van der Waals surface area contributed by atoms with E-state index < -0.39 is 0 Å². The standard InChI is InChI=1S/C14H23N3O4S/c1-9-6-16(7-10(2)21-9)11(3)13(19)15-4-5-17-12(18)8-22-14(17)20/h9-11H,4-8H2,1-3H3,(H,15,19)/t9-,10-,11-/m0/s1. The second-order valence-electron chi connectivity index (χ2n) is 5.78. The lowest BCUT2D eigenvalue weighted by Crippen LogP contribution is -2.54. The van der Waals surface area contributed by atoms with Crippen molar-refractivity contribution >= 4 is 28.8 Å². The van der Waals surface area contributed by atoms with Crippen LogP contribution in [0, 0.1) is 0 Å². The summed E-state index contributed by atoms with van der Waals surface area (Å²) in [6, 6.07) is -0.256. The molecule has 3 amide bonds. The van der Waals surface area contributed by atoms with Gasteiger partial charge in [-0.2, -0.15) is 0 Å². The molecule has 0 aromatic carbocycles. The van der Waals surface area contributed by atoms with Crippen LogP contribution in [0.4, 0.5) is 4.79 Å². The molecule has 0 unspecified atom stereocenters. The Morgan fingerprint density at radius 3 is 2.55 bits per heavy atom. The molecule has 7 nitrogen and oxygen atoms in total. The Hall–Kier alpha value is -1.12. The zero-order valence-electron chi connectivity index (χ0n) is 13.2. The summed E-state index contributed by atoms with van der Waals surface area (Å²) in [5.41, 5.74) is 0. The summed E-state index contributed by atoms with van der Waals surface area (Å²) in [5.74, 6) is -0.0756. The number of carbonyl (C=O) groups excluding carboxylic acids is 3. The Morgan fingerprint density at radius 1 is 1.36 bits per heavy atom. The number of nitrogens with zero attached hydrogens (tertiary/aromatic N) is 2. The maximum atomic E-state index is 12.2. The van der Waals surface area contributed by atoms with E-state index in [4.69, 9.17) is 4.74 Å². The molecule has 2 fully saturated rings. The largest absolute Gasteiger partial charge is 0.373 e. The lowest BCUT2D eigenvalue weighted by atomic mass is 10.1. The number of imide groups is 1. The lowest BCUT2D eigenvalue weighted by molar-refractivity contribution is -0.132. The fourth-order valence-corrected chi connectivity index (χ4v) is 3.49. The number of nitrogens with one attached hydrogen (secondary N) is 1. The number of ether oxygens (including phenoxy) is 1. The second-order valence-corrected chi connectivity index (χ2v) is 6.70. The zero-order valence-corrected chi connectivity index (χ0v) is 14.0. The Bertz CT molecular complexity index is 433. The summed E-state index contributed by atoms with van der Waals surface area (Å²) in [5, 5.41) is 2.57. The van der Waals surface area contributed by atoms with Gasteiger partial charge in [-0.15, -0.1) is 0 Å².